The Morgan fingerprint density at radius 1 is 1.37 bits per heavy atom. The van der Waals surface area contributed by atoms with Gasteiger partial charge in [-0.05, 0) is 36.1 Å². The standard InChI is InChI=1S/C15H18FNOS/c1-11(10-18-2)17-9-12-5-6-14(16)13(8-12)15-4-3-7-19-15/h3-8,11,17H,9-10H2,1-2H3. The monoisotopic (exact) mass is 279 g/mol. The second-order valence-corrected chi connectivity index (χ2v) is 5.48. The van der Waals surface area contributed by atoms with Gasteiger partial charge in [-0.3, -0.25) is 0 Å². The van der Waals surface area contributed by atoms with Crippen LogP contribution >= 0.6 is 11.3 Å². The quantitative estimate of drug-likeness (QED) is 0.871. The Morgan fingerprint density at radius 2 is 2.21 bits per heavy atom. The number of hydrogen-bond acceptors (Lipinski definition) is 3. The molecule has 2 rings (SSSR count). The molecule has 0 bridgehead atoms. The summed E-state index contributed by atoms with van der Waals surface area (Å²) in [6, 6.07) is 9.42. The zero-order chi connectivity index (χ0) is 13.7. The Hall–Kier alpha value is -1.23. The Balaban J connectivity index is 2.09. The molecule has 0 saturated carbocycles. The number of ether oxygens (including phenoxy) is 1. The molecule has 1 aromatic carbocycles. The van der Waals surface area contributed by atoms with E-state index in [0.29, 0.717) is 18.7 Å². The molecule has 0 aliphatic carbocycles. The molecular formula is C15H18FNOS. The Morgan fingerprint density at radius 3 is 2.89 bits per heavy atom. The van der Waals surface area contributed by atoms with E-state index >= 15 is 0 Å². The average molecular weight is 279 g/mol. The number of rotatable bonds is 6. The number of thiophene rings is 1. The van der Waals surface area contributed by atoms with Gasteiger partial charge in [0.1, 0.15) is 5.82 Å². The van der Waals surface area contributed by atoms with Gasteiger partial charge in [-0.15, -0.1) is 11.3 Å². The summed E-state index contributed by atoms with van der Waals surface area (Å²) in [4.78, 5) is 0.962. The number of nitrogens with one attached hydrogen (secondary N) is 1. The van der Waals surface area contributed by atoms with Crippen molar-refractivity contribution in [3.63, 3.8) is 0 Å². The molecule has 1 unspecified atom stereocenters. The van der Waals surface area contributed by atoms with Crippen LogP contribution in [-0.2, 0) is 11.3 Å². The minimum absolute atomic E-state index is 0.170. The van der Waals surface area contributed by atoms with Crippen LogP contribution in [0.3, 0.4) is 0 Å². The highest BCUT2D eigenvalue weighted by Gasteiger charge is 2.08. The Kier molecular flexibility index (Phi) is 5.07. The van der Waals surface area contributed by atoms with Gasteiger partial charge >= 0.3 is 0 Å². The fourth-order valence-electron chi connectivity index (χ4n) is 1.90. The first-order valence-corrected chi connectivity index (χ1v) is 7.13. The van der Waals surface area contributed by atoms with Gasteiger partial charge in [0.05, 0.1) is 6.61 Å². The van der Waals surface area contributed by atoms with Crippen molar-refractivity contribution >= 4 is 11.3 Å². The number of halogens is 1. The number of hydrogen-bond donors (Lipinski definition) is 1. The van der Waals surface area contributed by atoms with Gasteiger partial charge in [0.2, 0.25) is 0 Å². The van der Waals surface area contributed by atoms with Crippen molar-refractivity contribution in [2.45, 2.75) is 19.5 Å². The van der Waals surface area contributed by atoms with Crippen molar-refractivity contribution in [3.8, 4) is 10.4 Å². The minimum Gasteiger partial charge on any atom is -0.383 e. The first-order valence-electron chi connectivity index (χ1n) is 6.25. The van der Waals surface area contributed by atoms with Crippen molar-refractivity contribution < 1.29 is 9.13 Å². The lowest BCUT2D eigenvalue weighted by Crippen LogP contribution is -2.29. The molecule has 1 heterocycles. The molecule has 1 aromatic heterocycles. The highest BCUT2D eigenvalue weighted by Crippen LogP contribution is 2.28. The van der Waals surface area contributed by atoms with Crippen molar-refractivity contribution in [2.24, 2.45) is 0 Å². The van der Waals surface area contributed by atoms with E-state index in [2.05, 4.69) is 12.2 Å². The Bertz CT molecular complexity index is 513. The van der Waals surface area contributed by atoms with Crippen LogP contribution < -0.4 is 5.32 Å². The van der Waals surface area contributed by atoms with Crippen molar-refractivity contribution in [3.05, 3.63) is 47.1 Å². The molecule has 102 valence electrons. The molecular weight excluding hydrogens is 261 g/mol. The molecule has 1 atom stereocenters. The van der Waals surface area contributed by atoms with E-state index in [9.17, 15) is 4.39 Å². The molecule has 19 heavy (non-hydrogen) atoms. The van der Waals surface area contributed by atoms with Gasteiger partial charge in [0.25, 0.3) is 0 Å². The summed E-state index contributed by atoms with van der Waals surface area (Å²) in [5, 5.41) is 5.31. The molecule has 2 aromatic rings. The normalized spacial score (nSPS) is 12.6. The van der Waals surface area contributed by atoms with Crippen LogP contribution in [0.25, 0.3) is 10.4 Å². The van der Waals surface area contributed by atoms with Crippen LogP contribution in [0.5, 0.6) is 0 Å². The molecule has 0 radical (unpaired) electrons. The summed E-state index contributed by atoms with van der Waals surface area (Å²) in [5.41, 5.74) is 1.75. The predicted octanol–water partition coefficient (Wildman–Crippen LogP) is 3.68. The third-order valence-corrected chi connectivity index (χ3v) is 3.79. The van der Waals surface area contributed by atoms with Crippen molar-refractivity contribution in [1.82, 2.24) is 5.32 Å². The fourth-order valence-corrected chi connectivity index (χ4v) is 2.65. The second kappa shape index (κ2) is 6.80. The second-order valence-electron chi connectivity index (χ2n) is 4.53. The summed E-state index contributed by atoms with van der Waals surface area (Å²) in [7, 11) is 1.69. The van der Waals surface area contributed by atoms with Crippen LogP contribution in [0.1, 0.15) is 12.5 Å². The smallest absolute Gasteiger partial charge is 0.131 e. The van der Waals surface area contributed by atoms with Gasteiger partial charge in [-0.25, -0.2) is 4.39 Å². The highest BCUT2D eigenvalue weighted by molar-refractivity contribution is 7.13. The molecule has 0 amide bonds. The topological polar surface area (TPSA) is 21.3 Å². The van der Waals surface area contributed by atoms with E-state index in [0.717, 1.165) is 10.4 Å². The van der Waals surface area contributed by atoms with Crippen molar-refractivity contribution in [1.29, 1.82) is 0 Å². The van der Waals surface area contributed by atoms with E-state index in [4.69, 9.17) is 4.74 Å². The third-order valence-electron chi connectivity index (χ3n) is 2.89. The maximum atomic E-state index is 13.8. The zero-order valence-corrected chi connectivity index (χ0v) is 12.0. The van der Waals surface area contributed by atoms with E-state index in [-0.39, 0.29) is 11.9 Å². The summed E-state index contributed by atoms with van der Waals surface area (Å²) < 4.78 is 18.9. The van der Waals surface area contributed by atoms with Gasteiger partial charge in [0, 0.05) is 30.1 Å². The molecule has 2 nitrogen and oxygen atoms in total. The lowest BCUT2D eigenvalue weighted by atomic mass is 10.1. The maximum absolute atomic E-state index is 13.8. The summed E-state index contributed by atoms with van der Waals surface area (Å²) >= 11 is 1.55. The Labute approximate surface area is 117 Å². The number of methoxy groups -OCH3 is 1. The molecule has 1 N–H and O–H groups in total. The molecule has 0 aliphatic heterocycles. The van der Waals surface area contributed by atoms with Crippen LogP contribution in [0, 0.1) is 5.82 Å². The molecule has 0 aliphatic rings. The van der Waals surface area contributed by atoms with E-state index in [1.807, 2.05) is 29.6 Å². The van der Waals surface area contributed by atoms with Gasteiger partial charge in [0.15, 0.2) is 0 Å². The average Bonchev–Trinajstić information content (AvgIpc) is 2.92. The van der Waals surface area contributed by atoms with Crippen LogP contribution in [0.4, 0.5) is 4.39 Å². The highest BCUT2D eigenvalue weighted by atomic mass is 32.1. The molecule has 4 heteroatoms. The first kappa shape index (κ1) is 14.2. The summed E-state index contributed by atoms with van der Waals surface area (Å²) in [5.74, 6) is -0.170. The molecule has 0 spiro atoms. The van der Waals surface area contributed by atoms with E-state index < -0.39 is 0 Å². The SMILES string of the molecule is COCC(C)NCc1ccc(F)c(-c2cccs2)c1. The van der Waals surface area contributed by atoms with E-state index in [1.54, 1.807) is 18.4 Å². The van der Waals surface area contributed by atoms with Crippen LogP contribution in [0.15, 0.2) is 35.7 Å². The minimum atomic E-state index is -0.170. The van der Waals surface area contributed by atoms with E-state index in [1.165, 1.54) is 6.07 Å². The van der Waals surface area contributed by atoms with Crippen LogP contribution in [0.2, 0.25) is 0 Å². The van der Waals surface area contributed by atoms with Gasteiger partial charge in [-0.2, -0.15) is 0 Å². The predicted molar refractivity (Wildman–Crippen MR) is 77.9 cm³/mol. The zero-order valence-electron chi connectivity index (χ0n) is 11.2. The van der Waals surface area contributed by atoms with Gasteiger partial charge < -0.3 is 10.1 Å². The maximum Gasteiger partial charge on any atom is 0.131 e. The lowest BCUT2D eigenvalue weighted by Gasteiger charge is -2.13. The number of benzene rings is 1. The molecule has 0 saturated heterocycles. The summed E-state index contributed by atoms with van der Waals surface area (Å²) in [6.45, 7) is 3.44. The van der Waals surface area contributed by atoms with Crippen molar-refractivity contribution in [2.75, 3.05) is 13.7 Å². The lowest BCUT2D eigenvalue weighted by molar-refractivity contribution is 0.171. The summed E-state index contributed by atoms with van der Waals surface area (Å²) in [6.07, 6.45) is 0. The van der Waals surface area contributed by atoms with Gasteiger partial charge in [-0.1, -0.05) is 12.1 Å². The molecule has 0 fully saturated rings. The first-order chi connectivity index (χ1) is 9.20. The largest absolute Gasteiger partial charge is 0.383 e. The third kappa shape index (κ3) is 3.86. The van der Waals surface area contributed by atoms with Crippen LogP contribution in [-0.4, -0.2) is 19.8 Å². The fraction of sp³-hybridized carbons (Fsp3) is 0.333.